The van der Waals surface area contributed by atoms with Gasteiger partial charge in [0.05, 0.1) is 6.61 Å². The second-order valence-electron chi connectivity index (χ2n) is 6.19. The van der Waals surface area contributed by atoms with E-state index >= 15 is 0 Å². The Hall–Kier alpha value is -3.49. The maximum absolute atomic E-state index is 13.3. The van der Waals surface area contributed by atoms with E-state index in [2.05, 4.69) is 10.3 Å². The van der Waals surface area contributed by atoms with Crippen LogP contribution in [0.2, 0.25) is 0 Å². The molecule has 0 aliphatic carbocycles. The number of amides is 1. The van der Waals surface area contributed by atoms with Gasteiger partial charge in [-0.15, -0.1) is 0 Å². The number of fused-ring (bicyclic) bond motifs is 1. The number of rotatable bonds is 5. The highest BCUT2D eigenvalue weighted by Gasteiger charge is 2.19. The van der Waals surface area contributed by atoms with Gasteiger partial charge in [-0.05, 0) is 32.0 Å². The summed E-state index contributed by atoms with van der Waals surface area (Å²) < 4.78 is 20.9. The molecule has 9 heteroatoms. The van der Waals surface area contributed by atoms with Crippen LogP contribution >= 0.6 is 0 Å². The number of aromatic nitrogens is 3. The number of pyridine rings is 1. The lowest BCUT2D eigenvalue weighted by molar-refractivity contribution is -0.116. The largest absolute Gasteiger partial charge is 0.493 e. The summed E-state index contributed by atoms with van der Waals surface area (Å²) in [6.07, 6.45) is 1.52. The number of anilines is 1. The van der Waals surface area contributed by atoms with E-state index in [1.54, 1.807) is 13.8 Å². The summed E-state index contributed by atoms with van der Waals surface area (Å²) in [5, 5.41) is 2.60. The first-order valence-corrected chi connectivity index (χ1v) is 8.60. The van der Waals surface area contributed by atoms with E-state index in [1.807, 2.05) is 0 Å². The van der Waals surface area contributed by atoms with Gasteiger partial charge in [0, 0.05) is 24.5 Å². The van der Waals surface area contributed by atoms with Crippen LogP contribution in [0, 0.1) is 12.7 Å². The maximum atomic E-state index is 13.3. The topological polar surface area (TPSA) is 95.2 Å². The van der Waals surface area contributed by atoms with E-state index in [-0.39, 0.29) is 16.7 Å². The number of ether oxygens (including phenoxy) is 1. The molecule has 1 amide bonds. The van der Waals surface area contributed by atoms with Gasteiger partial charge in [0.25, 0.3) is 5.56 Å². The van der Waals surface area contributed by atoms with E-state index in [9.17, 15) is 18.8 Å². The van der Waals surface area contributed by atoms with Crippen molar-refractivity contribution < 1.29 is 13.9 Å². The number of nitrogens with one attached hydrogen (secondary N) is 1. The first-order chi connectivity index (χ1) is 13.3. The van der Waals surface area contributed by atoms with E-state index in [1.165, 1.54) is 36.0 Å². The second-order valence-corrected chi connectivity index (χ2v) is 6.19. The number of halogens is 1. The van der Waals surface area contributed by atoms with Gasteiger partial charge in [0.15, 0.2) is 5.65 Å². The van der Waals surface area contributed by atoms with Crippen LogP contribution in [-0.2, 0) is 18.4 Å². The highest BCUT2D eigenvalue weighted by Crippen LogP contribution is 2.24. The molecule has 0 radical (unpaired) electrons. The molecule has 0 saturated carbocycles. The number of nitrogens with zero attached hydrogens (tertiary/aromatic N) is 3. The maximum Gasteiger partial charge on any atom is 0.332 e. The van der Waals surface area contributed by atoms with Gasteiger partial charge in [-0.1, -0.05) is 6.07 Å². The van der Waals surface area contributed by atoms with Crippen LogP contribution in [0.25, 0.3) is 11.0 Å². The molecule has 0 aliphatic heterocycles. The van der Waals surface area contributed by atoms with Crippen molar-refractivity contribution in [1.29, 1.82) is 0 Å². The highest BCUT2D eigenvalue weighted by atomic mass is 19.1. The van der Waals surface area contributed by atoms with E-state index in [0.717, 1.165) is 10.6 Å². The summed E-state index contributed by atoms with van der Waals surface area (Å²) in [5.74, 6) is -0.824. The first kappa shape index (κ1) is 19.3. The van der Waals surface area contributed by atoms with Gasteiger partial charge in [0.2, 0.25) is 5.91 Å². The average molecular weight is 386 g/mol. The second kappa shape index (κ2) is 7.63. The third-order valence-electron chi connectivity index (χ3n) is 4.18. The van der Waals surface area contributed by atoms with E-state index in [0.29, 0.717) is 17.9 Å². The fourth-order valence-electron chi connectivity index (χ4n) is 2.90. The van der Waals surface area contributed by atoms with Gasteiger partial charge in [-0.3, -0.25) is 14.2 Å². The van der Waals surface area contributed by atoms with Crippen LogP contribution in [-0.4, -0.2) is 26.6 Å². The van der Waals surface area contributed by atoms with E-state index < -0.39 is 29.5 Å². The summed E-state index contributed by atoms with van der Waals surface area (Å²) in [6.45, 7) is 3.31. The zero-order chi connectivity index (χ0) is 20.4. The molecule has 8 nitrogen and oxygen atoms in total. The molecule has 0 atom stereocenters. The Balaban J connectivity index is 2.08. The molecule has 2 heterocycles. The summed E-state index contributed by atoms with van der Waals surface area (Å²) in [5.41, 5.74) is -0.326. The zero-order valence-corrected chi connectivity index (χ0v) is 15.7. The SMILES string of the molecule is CCOc1c(C)cnc2c1c(=O)n(CC(=O)Nc1cccc(F)c1)c(=O)n2C. The van der Waals surface area contributed by atoms with Crippen molar-refractivity contribution in [2.24, 2.45) is 7.05 Å². The molecule has 1 N–H and O–H groups in total. The Bertz CT molecular complexity index is 1180. The molecule has 0 saturated heterocycles. The lowest BCUT2D eigenvalue weighted by atomic mass is 10.2. The molecule has 0 spiro atoms. The number of carbonyl (C=O) groups excluding carboxylic acids is 1. The molecule has 0 unspecified atom stereocenters. The Morgan fingerprint density at radius 3 is 2.75 bits per heavy atom. The summed E-state index contributed by atoms with van der Waals surface area (Å²) >= 11 is 0. The molecule has 146 valence electrons. The van der Waals surface area contributed by atoms with Crippen LogP contribution in [0.4, 0.5) is 10.1 Å². The molecule has 0 aliphatic rings. The van der Waals surface area contributed by atoms with Gasteiger partial charge in [0.1, 0.15) is 23.5 Å². The van der Waals surface area contributed by atoms with Crippen molar-refractivity contribution in [2.45, 2.75) is 20.4 Å². The summed E-state index contributed by atoms with van der Waals surface area (Å²) in [4.78, 5) is 42.1. The Morgan fingerprint density at radius 2 is 2.07 bits per heavy atom. The number of benzene rings is 1. The smallest absolute Gasteiger partial charge is 0.332 e. The molecular formula is C19H19FN4O4. The van der Waals surface area contributed by atoms with Crippen LogP contribution < -0.4 is 21.3 Å². The quantitative estimate of drug-likeness (QED) is 0.718. The lowest BCUT2D eigenvalue weighted by Crippen LogP contribution is -2.42. The molecule has 0 fully saturated rings. The average Bonchev–Trinajstić information content (AvgIpc) is 2.65. The van der Waals surface area contributed by atoms with Gasteiger partial charge < -0.3 is 10.1 Å². The predicted octanol–water partition coefficient (Wildman–Crippen LogP) is 1.58. The van der Waals surface area contributed by atoms with Crippen molar-refractivity contribution in [3.05, 3.63) is 62.7 Å². The molecular weight excluding hydrogens is 367 g/mol. The molecule has 3 rings (SSSR count). The standard InChI is InChI=1S/C19H19FN4O4/c1-4-28-16-11(2)9-21-17-15(16)18(26)24(19(27)23(17)3)10-14(25)22-13-7-5-6-12(20)8-13/h5-9H,4,10H2,1-3H3,(H,22,25). The van der Waals surface area contributed by atoms with E-state index in [4.69, 9.17) is 4.74 Å². The van der Waals surface area contributed by atoms with Crippen molar-refractivity contribution in [3.8, 4) is 5.75 Å². The lowest BCUT2D eigenvalue weighted by Gasteiger charge is -2.14. The highest BCUT2D eigenvalue weighted by molar-refractivity contribution is 5.91. The Labute approximate surface area is 159 Å². The fourth-order valence-corrected chi connectivity index (χ4v) is 2.90. The summed E-state index contributed by atoms with van der Waals surface area (Å²) in [7, 11) is 1.46. The Morgan fingerprint density at radius 1 is 1.32 bits per heavy atom. The van der Waals surface area contributed by atoms with Crippen molar-refractivity contribution in [2.75, 3.05) is 11.9 Å². The minimum absolute atomic E-state index is 0.127. The number of hydrogen-bond donors (Lipinski definition) is 1. The van der Waals surface area contributed by atoms with Crippen LogP contribution in [0.5, 0.6) is 5.75 Å². The summed E-state index contributed by atoms with van der Waals surface area (Å²) in [6, 6.07) is 5.32. The third kappa shape index (κ3) is 3.51. The molecule has 3 aromatic rings. The third-order valence-corrected chi connectivity index (χ3v) is 4.18. The first-order valence-electron chi connectivity index (χ1n) is 8.60. The predicted molar refractivity (Wildman–Crippen MR) is 102 cm³/mol. The Kier molecular flexibility index (Phi) is 5.25. The van der Waals surface area contributed by atoms with Crippen molar-refractivity contribution in [1.82, 2.24) is 14.1 Å². The molecule has 2 aromatic heterocycles. The normalized spacial score (nSPS) is 10.9. The van der Waals surface area contributed by atoms with Crippen LogP contribution in [0.15, 0.2) is 40.1 Å². The molecule has 28 heavy (non-hydrogen) atoms. The monoisotopic (exact) mass is 386 g/mol. The number of hydrogen-bond acceptors (Lipinski definition) is 5. The van der Waals surface area contributed by atoms with Crippen LogP contribution in [0.3, 0.4) is 0 Å². The number of aryl methyl sites for hydroxylation is 2. The fraction of sp³-hybridized carbons (Fsp3) is 0.263. The van der Waals surface area contributed by atoms with Crippen molar-refractivity contribution in [3.63, 3.8) is 0 Å². The minimum Gasteiger partial charge on any atom is -0.493 e. The zero-order valence-electron chi connectivity index (χ0n) is 15.7. The van der Waals surface area contributed by atoms with Gasteiger partial charge in [-0.25, -0.2) is 18.7 Å². The minimum atomic E-state index is -0.689. The molecule has 0 bridgehead atoms. The van der Waals surface area contributed by atoms with Crippen LogP contribution in [0.1, 0.15) is 12.5 Å². The molecule has 1 aromatic carbocycles. The van der Waals surface area contributed by atoms with Crippen molar-refractivity contribution >= 4 is 22.6 Å². The van der Waals surface area contributed by atoms with Gasteiger partial charge >= 0.3 is 5.69 Å². The van der Waals surface area contributed by atoms with Gasteiger partial charge in [-0.2, -0.15) is 0 Å². The number of carbonyl (C=O) groups is 1.